The van der Waals surface area contributed by atoms with Crippen molar-refractivity contribution in [2.45, 2.75) is 57.7 Å². The van der Waals surface area contributed by atoms with Gasteiger partial charge in [-0.3, -0.25) is 9.80 Å². The van der Waals surface area contributed by atoms with Gasteiger partial charge in [0.05, 0.1) is 19.2 Å². The van der Waals surface area contributed by atoms with Crippen LogP contribution in [0.3, 0.4) is 0 Å². The first-order chi connectivity index (χ1) is 16.8. The SMILES string of the molecule is CCOc1ccc([C@@H](c2nnnn2Cc2ccccc2)N2CCN(C3CCCCC3)CC2)cc1. The van der Waals surface area contributed by atoms with Gasteiger partial charge >= 0.3 is 0 Å². The van der Waals surface area contributed by atoms with Crippen molar-refractivity contribution in [2.75, 3.05) is 32.8 Å². The number of benzene rings is 2. The van der Waals surface area contributed by atoms with Crippen molar-refractivity contribution in [1.82, 2.24) is 30.0 Å². The predicted molar refractivity (Wildman–Crippen MR) is 133 cm³/mol. The van der Waals surface area contributed by atoms with Crippen LogP contribution < -0.4 is 4.74 Å². The van der Waals surface area contributed by atoms with E-state index in [0.29, 0.717) is 13.2 Å². The molecule has 1 atom stereocenters. The van der Waals surface area contributed by atoms with Gasteiger partial charge in [0.1, 0.15) is 5.75 Å². The molecular formula is C27H36N6O. The first-order valence-electron chi connectivity index (χ1n) is 12.8. The molecule has 2 fully saturated rings. The molecule has 180 valence electrons. The molecule has 0 amide bonds. The molecule has 7 heteroatoms. The van der Waals surface area contributed by atoms with Gasteiger partial charge in [-0.05, 0) is 53.5 Å². The molecule has 2 aliphatic rings. The fourth-order valence-corrected chi connectivity index (χ4v) is 5.52. The molecule has 0 unspecified atom stereocenters. The minimum Gasteiger partial charge on any atom is -0.494 e. The average Bonchev–Trinajstić information content (AvgIpc) is 3.34. The topological polar surface area (TPSA) is 59.3 Å². The molecule has 0 bridgehead atoms. The Kier molecular flexibility index (Phi) is 7.51. The molecule has 34 heavy (non-hydrogen) atoms. The predicted octanol–water partition coefficient (Wildman–Crippen LogP) is 4.16. The number of piperazine rings is 1. The molecule has 0 spiro atoms. The number of tetrazole rings is 1. The van der Waals surface area contributed by atoms with Crippen LogP contribution in [0, 0.1) is 0 Å². The van der Waals surface area contributed by atoms with Crippen LogP contribution in [0.4, 0.5) is 0 Å². The average molecular weight is 461 g/mol. The maximum atomic E-state index is 5.69. The Bertz CT molecular complexity index is 1010. The molecule has 0 radical (unpaired) electrons. The molecule has 1 aromatic heterocycles. The molecular weight excluding hydrogens is 424 g/mol. The lowest BCUT2D eigenvalue weighted by Gasteiger charge is -2.43. The van der Waals surface area contributed by atoms with Crippen molar-refractivity contribution >= 4 is 0 Å². The number of ether oxygens (including phenoxy) is 1. The highest BCUT2D eigenvalue weighted by molar-refractivity contribution is 5.32. The molecule has 1 saturated heterocycles. The molecule has 2 heterocycles. The lowest BCUT2D eigenvalue weighted by molar-refractivity contribution is 0.0620. The molecule has 1 aliphatic carbocycles. The first kappa shape index (κ1) is 23.0. The second-order valence-corrected chi connectivity index (χ2v) is 9.45. The van der Waals surface area contributed by atoms with E-state index in [4.69, 9.17) is 4.74 Å². The third-order valence-corrected chi connectivity index (χ3v) is 7.29. The van der Waals surface area contributed by atoms with E-state index in [2.05, 4.69) is 73.9 Å². The largest absolute Gasteiger partial charge is 0.494 e. The van der Waals surface area contributed by atoms with Crippen LogP contribution in [0.2, 0.25) is 0 Å². The van der Waals surface area contributed by atoms with Gasteiger partial charge in [0.25, 0.3) is 0 Å². The minimum absolute atomic E-state index is 0.0166. The van der Waals surface area contributed by atoms with Gasteiger partial charge < -0.3 is 4.74 Å². The quantitative estimate of drug-likeness (QED) is 0.503. The van der Waals surface area contributed by atoms with Gasteiger partial charge in [-0.1, -0.05) is 61.7 Å². The van der Waals surface area contributed by atoms with Gasteiger partial charge in [-0.2, -0.15) is 0 Å². The molecule has 1 aliphatic heterocycles. The Morgan fingerprint density at radius 3 is 2.35 bits per heavy atom. The van der Waals surface area contributed by atoms with Crippen molar-refractivity contribution in [3.8, 4) is 5.75 Å². The highest BCUT2D eigenvalue weighted by Gasteiger charge is 2.32. The van der Waals surface area contributed by atoms with Gasteiger partial charge in [-0.25, -0.2) is 4.68 Å². The second kappa shape index (κ2) is 11.1. The molecule has 2 aromatic carbocycles. The third kappa shape index (κ3) is 5.31. The number of hydrogen-bond donors (Lipinski definition) is 0. The van der Waals surface area contributed by atoms with E-state index >= 15 is 0 Å². The highest BCUT2D eigenvalue weighted by atomic mass is 16.5. The van der Waals surface area contributed by atoms with Crippen molar-refractivity contribution in [3.05, 3.63) is 71.5 Å². The first-order valence-corrected chi connectivity index (χ1v) is 12.8. The van der Waals surface area contributed by atoms with Crippen LogP contribution in [-0.4, -0.2) is 68.8 Å². The maximum Gasteiger partial charge on any atom is 0.173 e. The zero-order valence-corrected chi connectivity index (χ0v) is 20.2. The molecule has 1 saturated carbocycles. The Labute approximate surface area is 202 Å². The van der Waals surface area contributed by atoms with Crippen molar-refractivity contribution < 1.29 is 4.74 Å². The summed E-state index contributed by atoms with van der Waals surface area (Å²) in [6.07, 6.45) is 6.89. The van der Waals surface area contributed by atoms with E-state index in [-0.39, 0.29) is 6.04 Å². The monoisotopic (exact) mass is 460 g/mol. The summed E-state index contributed by atoms with van der Waals surface area (Å²) in [5.74, 6) is 1.80. The van der Waals surface area contributed by atoms with Crippen molar-refractivity contribution in [2.24, 2.45) is 0 Å². The summed E-state index contributed by atoms with van der Waals surface area (Å²) in [5, 5.41) is 13.0. The van der Waals surface area contributed by atoms with Crippen LogP contribution in [0.25, 0.3) is 0 Å². The number of hydrogen-bond acceptors (Lipinski definition) is 6. The summed E-state index contributed by atoms with van der Waals surface area (Å²) in [5.41, 5.74) is 2.40. The Morgan fingerprint density at radius 2 is 1.65 bits per heavy atom. The number of aromatic nitrogens is 4. The summed E-state index contributed by atoms with van der Waals surface area (Å²) >= 11 is 0. The Hall–Kier alpha value is -2.77. The summed E-state index contributed by atoms with van der Waals surface area (Å²) in [7, 11) is 0. The Morgan fingerprint density at radius 1 is 0.912 bits per heavy atom. The fraction of sp³-hybridized carbons (Fsp3) is 0.519. The lowest BCUT2D eigenvalue weighted by atomic mass is 9.93. The number of rotatable bonds is 8. The maximum absolute atomic E-state index is 5.69. The van der Waals surface area contributed by atoms with Gasteiger partial charge in [0.2, 0.25) is 0 Å². The van der Waals surface area contributed by atoms with E-state index < -0.39 is 0 Å². The van der Waals surface area contributed by atoms with Crippen LogP contribution in [0.5, 0.6) is 5.75 Å². The molecule has 7 nitrogen and oxygen atoms in total. The Balaban J connectivity index is 1.39. The highest BCUT2D eigenvalue weighted by Crippen LogP contribution is 2.31. The molecule has 0 N–H and O–H groups in total. The van der Waals surface area contributed by atoms with Crippen LogP contribution in [0.15, 0.2) is 54.6 Å². The normalized spacial score (nSPS) is 19.2. The molecule has 3 aromatic rings. The van der Waals surface area contributed by atoms with E-state index in [1.54, 1.807) is 0 Å². The standard InChI is InChI=1S/C27H36N6O/c1-2-34-25-15-13-23(14-16-25)26(27-28-29-30-33(27)21-22-9-5-3-6-10-22)32-19-17-31(18-20-32)24-11-7-4-8-12-24/h3,5-6,9-10,13-16,24,26H,2,4,7-8,11-12,17-21H2,1H3/t26-/m0/s1. The second-order valence-electron chi connectivity index (χ2n) is 9.45. The van der Waals surface area contributed by atoms with E-state index in [1.165, 1.54) is 43.2 Å². The lowest BCUT2D eigenvalue weighted by Crippen LogP contribution is -2.52. The van der Waals surface area contributed by atoms with Crippen LogP contribution in [0.1, 0.15) is 62.0 Å². The minimum atomic E-state index is 0.0166. The zero-order chi connectivity index (χ0) is 23.2. The van der Waals surface area contributed by atoms with Crippen molar-refractivity contribution in [1.29, 1.82) is 0 Å². The van der Waals surface area contributed by atoms with Crippen LogP contribution in [-0.2, 0) is 6.54 Å². The van der Waals surface area contributed by atoms with Crippen LogP contribution >= 0.6 is 0 Å². The summed E-state index contributed by atoms with van der Waals surface area (Å²) in [6, 6.07) is 19.7. The zero-order valence-electron chi connectivity index (χ0n) is 20.2. The smallest absolute Gasteiger partial charge is 0.173 e. The fourth-order valence-electron chi connectivity index (χ4n) is 5.52. The summed E-state index contributed by atoms with van der Waals surface area (Å²) < 4.78 is 7.66. The van der Waals surface area contributed by atoms with E-state index in [0.717, 1.165) is 43.8 Å². The third-order valence-electron chi connectivity index (χ3n) is 7.29. The van der Waals surface area contributed by atoms with Crippen molar-refractivity contribution in [3.63, 3.8) is 0 Å². The number of nitrogens with zero attached hydrogens (tertiary/aromatic N) is 6. The summed E-state index contributed by atoms with van der Waals surface area (Å²) in [6.45, 7) is 7.61. The summed E-state index contributed by atoms with van der Waals surface area (Å²) in [4.78, 5) is 5.28. The van der Waals surface area contributed by atoms with Gasteiger partial charge in [0, 0.05) is 32.2 Å². The van der Waals surface area contributed by atoms with E-state index in [9.17, 15) is 0 Å². The van der Waals surface area contributed by atoms with Gasteiger partial charge in [-0.15, -0.1) is 5.10 Å². The molecule has 5 rings (SSSR count). The van der Waals surface area contributed by atoms with Gasteiger partial charge in [0.15, 0.2) is 5.82 Å². The van der Waals surface area contributed by atoms with E-state index in [1.807, 2.05) is 17.7 Å².